The van der Waals surface area contributed by atoms with Gasteiger partial charge in [0.25, 0.3) is 0 Å². The van der Waals surface area contributed by atoms with Crippen LogP contribution in [0.5, 0.6) is 0 Å². The van der Waals surface area contributed by atoms with Crippen molar-refractivity contribution in [2.24, 2.45) is 0 Å². The Kier molecular flexibility index (Phi) is 58.7. The summed E-state index contributed by atoms with van der Waals surface area (Å²) in [4.78, 5) is 38.0. The van der Waals surface area contributed by atoms with E-state index in [2.05, 4.69) is 93.7 Å². The number of carbonyl (C=O) groups is 3. The maximum Gasteiger partial charge on any atom is 0.306 e. The van der Waals surface area contributed by atoms with Gasteiger partial charge in [0.05, 0.1) is 0 Å². The molecule has 6 heteroatoms. The standard InChI is InChI=1S/C67H118O6/c1-4-7-10-13-16-19-22-23-24-25-26-27-28-29-30-31-32-33-34-35-36-37-38-39-40-41-42-43-44-45-46-49-51-54-57-60-66(69)72-63-64(73-67(70)61-58-55-52-48-21-18-15-12-9-6-3)62-71-65(68)59-56-53-50-47-20-17-14-11-8-5-2/h7,10,12,15-16,19,23-24,26-27,29-30,64H,4-6,8-9,11,13-14,17-18,20-22,25,28,31-63H2,1-3H3/b10-7-,15-12-,19-16-,24-23-,27-26-,30-29-. The molecular formula is C67H118O6. The highest BCUT2D eigenvalue weighted by Crippen LogP contribution is 2.17. The second-order valence-electron chi connectivity index (χ2n) is 20.9. The lowest BCUT2D eigenvalue weighted by Crippen LogP contribution is -2.30. The Balaban J connectivity index is 3.95. The van der Waals surface area contributed by atoms with E-state index in [1.165, 1.54) is 167 Å². The fourth-order valence-electron chi connectivity index (χ4n) is 9.00. The zero-order valence-corrected chi connectivity index (χ0v) is 48.4. The summed E-state index contributed by atoms with van der Waals surface area (Å²) < 4.78 is 16.8. The molecular weight excluding hydrogens is 901 g/mol. The molecule has 0 fully saturated rings. The van der Waals surface area contributed by atoms with Gasteiger partial charge >= 0.3 is 17.9 Å². The van der Waals surface area contributed by atoms with Crippen LogP contribution in [0, 0.1) is 0 Å². The van der Waals surface area contributed by atoms with Crippen LogP contribution in [0.15, 0.2) is 72.9 Å². The first-order valence-electron chi connectivity index (χ1n) is 31.4. The molecule has 0 heterocycles. The molecule has 0 radical (unpaired) electrons. The molecule has 73 heavy (non-hydrogen) atoms. The fraction of sp³-hybridized carbons (Fsp3) is 0.776. The minimum atomic E-state index is -0.773. The van der Waals surface area contributed by atoms with E-state index in [0.29, 0.717) is 19.3 Å². The monoisotopic (exact) mass is 1020 g/mol. The van der Waals surface area contributed by atoms with Crippen LogP contribution >= 0.6 is 0 Å². The van der Waals surface area contributed by atoms with Crippen LogP contribution in [0.3, 0.4) is 0 Å². The number of esters is 3. The molecule has 1 unspecified atom stereocenters. The summed E-state index contributed by atoms with van der Waals surface area (Å²) in [5.41, 5.74) is 0. The molecule has 0 aromatic carbocycles. The highest BCUT2D eigenvalue weighted by Gasteiger charge is 2.19. The molecule has 0 aromatic heterocycles. The maximum absolute atomic E-state index is 12.8. The minimum Gasteiger partial charge on any atom is -0.462 e. The van der Waals surface area contributed by atoms with Crippen molar-refractivity contribution in [3.8, 4) is 0 Å². The van der Waals surface area contributed by atoms with Crippen LogP contribution in [-0.4, -0.2) is 37.2 Å². The SMILES string of the molecule is CC/C=C\C/C=C\C/C=C\C/C=C\C/C=C\CCCCCCCCCCCCCCCCCCCCCC(=O)OCC(COC(=O)CCCCCCCCCCCC)OC(=O)CCCCCCC/C=C\CCC. The molecule has 0 bridgehead atoms. The Labute approximate surface area is 453 Å². The van der Waals surface area contributed by atoms with Crippen molar-refractivity contribution in [3.05, 3.63) is 72.9 Å². The number of ether oxygens (including phenoxy) is 3. The number of hydrogen-bond donors (Lipinski definition) is 0. The molecule has 422 valence electrons. The third-order valence-corrected chi connectivity index (χ3v) is 13.7. The van der Waals surface area contributed by atoms with Crippen LogP contribution < -0.4 is 0 Å². The Hall–Kier alpha value is -3.15. The van der Waals surface area contributed by atoms with Gasteiger partial charge in [-0.05, 0) is 83.5 Å². The number of hydrogen-bond acceptors (Lipinski definition) is 6. The largest absolute Gasteiger partial charge is 0.462 e. The first-order valence-corrected chi connectivity index (χ1v) is 31.4. The molecule has 0 saturated carbocycles. The Morgan fingerprint density at radius 2 is 0.562 bits per heavy atom. The van der Waals surface area contributed by atoms with Crippen molar-refractivity contribution in [3.63, 3.8) is 0 Å². The van der Waals surface area contributed by atoms with Crippen molar-refractivity contribution in [1.29, 1.82) is 0 Å². The zero-order valence-electron chi connectivity index (χ0n) is 48.4. The summed E-state index contributed by atoms with van der Waals surface area (Å²) in [6.07, 6.45) is 79.5. The van der Waals surface area contributed by atoms with E-state index < -0.39 is 6.10 Å². The van der Waals surface area contributed by atoms with Gasteiger partial charge in [-0.1, -0.05) is 286 Å². The Morgan fingerprint density at radius 3 is 0.904 bits per heavy atom. The van der Waals surface area contributed by atoms with Crippen LogP contribution in [0.1, 0.15) is 316 Å². The van der Waals surface area contributed by atoms with Crippen LogP contribution in [-0.2, 0) is 28.6 Å². The van der Waals surface area contributed by atoms with Gasteiger partial charge in [0, 0.05) is 19.3 Å². The first-order chi connectivity index (χ1) is 36.0. The minimum absolute atomic E-state index is 0.0733. The average molecular weight is 1020 g/mol. The second-order valence-corrected chi connectivity index (χ2v) is 20.9. The molecule has 0 spiro atoms. The van der Waals surface area contributed by atoms with E-state index in [4.69, 9.17) is 14.2 Å². The Bertz CT molecular complexity index is 1360. The van der Waals surface area contributed by atoms with E-state index in [0.717, 1.165) is 109 Å². The maximum atomic E-state index is 12.8. The van der Waals surface area contributed by atoms with Gasteiger partial charge in [0.15, 0.2) is 6.10 Å². The molecule has 6 nitrogen and oxygen atoms in total. The summed E-state index contributed by atoms with van der Waals surface area (Å²) >= 11 is 0. The molecule has 0 rings (SSSR count). The first kappa shape index (κ1) is 69.8. The van der Waals surface area contributed by atoms with Gasteiger partial charge in [0.1, 0.15) is 13.2 Å². The van der Waals surface area contributed by atoms with Crippen molar-refractivity contribution in [2.75, 3.05) is 13.2 Å². The molecule has 0 aliphatic carbocycles. The summed E-state index contributed by atoms with van der Waals surface area (Å²) in [5, 5.41) is 0. The van der Waals surface area contributed by atoms with E-state index in [1.807, 2.05) is 0 Å². The number of carbonyl (C=O) groups excluding carboxylic acids is 3. The fourth-order valence-corrected chi connectivity index (χ4v) is 9.00. The summed E-state index contributed by atoms with van der Waals surface area (Å²) in [7, 11) is 0. The predicted octanol–water partition coefficient (Wildman–Crippen LogP) is 21.3. The van der Waals surface area contributed by atoms with Gasteiger partial charge in [-0.25, -0.2) is 0 Å². The van der Waals surface area contributed by atoms with Gasteiger partial charge < -0.3 is 14.2 Å². The average Bonchev–Trinajstić information content (AvgIpc) is 3.39. The smallest absolute Gasteiger partial charge is 0.306 e. The predicted molar refractivity (Wildman–Crippen MR) is 316 cm³/mol. The van der Waals surface area contributed by atoms with Crippen LogP contribution in [0.4, 0.5) is 0 Å². The van der Waals surface area contributed by atoms with Gasteiger partial charge in [0.2, 0.25) is 0 Å². The molecule has 0 N–H and O–H groups in total. The molecule has 1 atom stereocenters. The van der Waals surface area contributed by atoms with Crippen molar-refractivity contribution >= 4 is 17.9 Å². The van der Waals surface area contributed by atoms with E-state index in [9.17, 15) is 14.4 Å². The second kappa shape index (κ2) is 61.4. The van der Waals surface area contributed by atoms with Crippen LogP contribution in [0.2, 0.25) is 0 Å². The highest BCUT2D eigenvalue weighted by atomic mass is 16.6. The van der Waals surface area contributed by atoms with Gasteiger partial charge in [-0.2, -0.15) is 0 Å². The van der Waals surface area contributed by atoms with Crippen molar-refractivity contribution in [1.82, 2.24) is 0 Å². The van der Waals surface area contributed by atoms with Gasteiger partial charge in [-0.3, -0.25) is 14.4 Å². The zero-order chi connectivity index (χ0) is 52.9. The normalized spacial score (nSPS) is 12.5. The molecule has 0 aliphatic heterocycles. The highest BCUT2D eigenvalue weighted by molar-refractivity contribution is 5.71. The Morgan fingerprint density at radius 1 is 0.288 bits per heavy atom. The lowest BCUT2D eigenvalue weighted by molar-refractivity contribution is -0.167. The van der Waals surface area contributed by atoms with Crippen LogP contribution in [0.25, 0.3) is 0 Å². The number of unbranched alkanes of at least 4 members (excludes halogenated alkanes) is 34. The van der Waals surface area contributed by atoms with E-state index in [1.54, 1.807) is 0 Å². The van der Waals surface area contributed by atoms with E-state index in [-0.39, 0.29) is 31.1 Å². The molecule has 0 aliphatic rings. The number of rotatable bonds is 57. The molecule has 0 saturated heterocycles. The third-order valence-electron chi connectivity index (χ3n) is 13.7. The number of allylic oxidation sites excluding steroid dienone is 12. The summed E-state index contributed by atoms with van der Waals surface area (Å²) in [6, 6.07) is 0. The van der Waals surface area contributed by atoms with Crippen molar-refractivity contribution < 1.29 is 28.6 Å². The van der Waals surface area contributed by atoms with Crippen molar-refractivity contribution in [2.45, 2.75) is 322 Å². The topological polar surface area (TPSA) is 78.9 Å². The molecule has 0 amide bonds. The van der Waals surface area contributed by atoms with Gasteiger partial charge in [-0.15, -0.1) is 0 Å². The third kappa shape index (κ3) is 59.6. The summed E-state index contributed by atoms with van der Waals surface area (Å²) in [5.74, 6) is -0.873. The molecule has 0 aromatic rings. The summed E-state index contributed by atoms with van der Waals surface area (Å²) in [6.45, 7) is 6.47. The lowest BCUT2D eigenvalue weighted by Gasteiger charge is -2.18. The van der Waals surface area contributed by atoms with E-state index >= 15 is 0 Å². The lowest BCUT2D eigenvalue weighted by atomic mass is 10.0. The quantitative estimate of drug-likeness (QED) is 0.0261.